The van der Waals surface area contributed by atoms with Crippen LogP contribution in [0, 0.1) is 35.5 Å². The molecule has 1 amide bonds. The fourth-order valence-electron chi connectivity index (χ4n) is 4.20. The van der Waals surface area contributed by atoms with Gasteiger partial charge in [-0.1, -0.05) is 56.4 Å². The number of aliphatic hydroxyl groups excluding tert-OH is 1. The van der Waals surface area contributed by atoms with E-state index in [1.807, 2.05) is 13.8 Å². The maximum Gasteiger partial charge on any atom is 0.217 e. The Kier molecular flexibility index (Phi) is 9.33. The average Bonchev–Trinajstić information content (AvgIpc) is 2.60. The molecular weight excluding hydrogens is 334 g/mol. The maximum atomic E-state index is 11.2. The summed E-state index contributed by atoms with van der Waals surface area (Å²) in [6.07, 6.45) is 17.7. The molecule has 0 spiro atoms. The predicted octanol–water partition coefficient (Wildman–Crippen LogP) is 4.87. The molecule has 3 nitrogen and oxygen atoms in total. The Morgan fingerprint density at radius 3 is 2.59 bits per heavy atom. The number of carbonyl (C=O) groups is 1. The van der Waals surface area contributed by atoms with Crippen LogP contribution in [0.3, 0.4) is 0 Å². The van der Waals surface area contributed by atoms with Crippen LogP contribution in [0.15, 0.2) is 23.8 Å². The highest BCUT2D eigenvalue weighted by atomic mass is 16.3. The fourth-order valence-corrected chi connectivity index (χ4v) is 4.20. The van der Waals surface area contributed by atoms with Crippen LogP contribution >= 0.6 is 0 Å². The van der Waals surface area contributed by atoms with Gasteiger partial charge in [0.15, 0.2) is 0 Å². The largest absolute Gasteiger partial charge is 0.391 e. The van der Waals surface area contributed by atoms with Crippen molar-refractivity contribution < 1.29 is 9.90 Å². The summed E-state index contributed by atoms with van der Waals surface area (Å²) in [5.41, 5.74) is 1.24. The van der Waals surface area contributed by atoms with Gasteiger partial charge in [-0.25, -0.2) is 0 Å². The lowest BCUT2D eigenvalue weighted by molar-refractivity contribution is -0.120. The van der Waals surface area contributed by atoms with E-state index in [0.717, 1.165) is 12.8 Å². The van der Waals surface area contributed by atoms with Crippen molar-refractivity contribution >= 4 is 5.91 Å². The van der Waals surface area contributed by atoms with Crippen molar-refractivity contribution in [1.29, 1.82) is 0 Å². The Morgan fingerprint density at radius 2 is 2.00 bits per heavy atom. The second kappa shape index (κ2) is 10.7. The Bertz CT molecular complexity index is 586. The summed E-state index contributed by atoms with van der Waals surface area (Å²) >= 11 is 0. The van der Waals surface area contributed by atoms with Crippen molar-refractivity contribution in [2.24, 2.45) is 23.2 Å². The van der Waals surface area contributed by atoms with Crippen molar-refractivity contribution in [3.8, 4) is 12.3 Å². The molecule has 1 rings (SSSR count). The van der Waals surface area contributed by atoms with E-state index in [1.165, 1.54) is 31.8 Å². The van der Waals surface area contributed by atoms with Crippen LogP contribution in [0.1, 0.15) is 73.6 Å². The summed E-state index contributed by atoms with van der Waals surface area (Å²) in [6, 6.07) is -0.233. The van der Waals surface area contributed by atoms with Gasteiger partial charge in [-0.2, -0.15) is 0 Å². The number of rotatable bonds is 8. The molecule has 1 aliphatic rings. The summed E-state index contributed by atoms with van der Waals surface area (Å²) in [5.74, 6) is 3.85. The smallest absolute Gasteiger partial charge is 0.217 e. The summed E-state index contributed by atoms with van der Waals surface area (Å²) in [6.45, 7) is 11.9. The van der Waals surface area contributed by atoms with Gasteiger partial charge in [-0.3, -0.25) is 4.79 Å². The van der Waals surface area contributed by atoms with E-state index in [2.05, 4.69) is 50.2 Å². The van der Waals surface area contributed by atoms with Crippen molar-refractivity contribution in [2.75, 3.05) is 0 Å². The molecule has 6 atom stereocenters. The molecule has 2 N–H and O–H groups in total. The van der Waals surface area contributed by atoms with Crippen LogP contribution in [-0.2, 0) is 4.79 Å². The molecule has 1 aliphatic carbocycles. The van der Waals surface area contributed by atoms with Gasteiger partial charge in [0, 0.05) is 12.3 Å². The molecule has 152 valence electrons. The molecular formula is C24H39NO2. The van der Waals surface area contributed by atoms with Gasteiger partial charge in [0.25, 0.3) is 0 Å². The Morgan fingerprint density at radius 1 is 1.33 bits per heavy atom. The zero-order valence-electron chi connectivity index (χ0n) is 18.1. The van der Waals surface area contributed by atoms with E-state index in [4.69, 9.17) is 6.42 Å². The number of carbonyl (C=O) groups excluding carboxylic acids is 1. The van der Waals surface area contributed by atoms with Gasteiger partial charge in [0.05, 0.1) is 12.1 Å². The van der Waals surface area contributed by atoms with Gasteiger partial charge in [0.1, 0.15) is 0 Å². The van der Waals surface area contributed by atoms with Crippen LogP contribution in [0.4, 0.5) is 0 Å². The quantitative estimate of drug-likeness (QED) is 0.471. The minimum atomic E-state index is -0.542. The van der Waals surface area contributed by atoms with E-state index in [-0.39, 0.29) is 23.3 Å². The topological polar surface area (TPSA) is 49.3 Å². The van der Waals surface area contributed by atoms with Crippen LogP contribution in [0.5, 0.6) is 0 Å². The van der Waals surface area contributed by atoms with Gasteiger partial charge < -0.3 is 10.4 Å². The Labute approximate surface area is 166 Å². The van der Waals surface area contributed by atoms with Gasteiger partial charge in [0.2, 0.25) is 5.91 Å². The molecule has 0 unspecified atom stereocenters. The maximum absolute atomic E-state index is 11.2. The summed E-state index contributed by atoms with van der Waals surface area (Å²) in [7, 11) is 0. The summed E-state index contributed by atoms with van der Waals surface area (Å²) in [5, 5.41) is 13.2. The van der Waals surface area contributed by atoms with Gasteiger partial charge >= 0.3 is 0 Å². The van der Waals surface area contributed by atoms with Crippen LogP contribution in [-0.4, -0.2) is 23.2 Å². The lowest BCUT2D eigenvalue weighted by Crippen LogP contribution is -2.43. The lowest BCUT2D eigenvalue weighted by atomic mass is 9.67. The Hall–Kier alpha value is -1.53. The second-order valence-electron chi connectivity index (χ2n) is 8.85. The molecule has 0 bridgehead atoms. The van der Waals surface area contributed by atoms with Gasteiger partial charge in [-0.15, -0.1) is 6.42 Å². The van der Waals surface area contributed by atoms with E-state index >= 15 is 0 Å². The molecule has 0 saturated heterocycles. The normalized spacial score (nSPS) is 28.2. The highest BCUT2D eigenvalue weighted by Crippen LogP contribution is 2.41. The third-order valence-corrected chi connectivity index (χ3v) is 6.03. The molecule has 0 aromatic heterocycles. The predicted molar refractivity (Wildman–Crippen MR) is 114 cm³/mol. The van der Waals surface area contributed by atoms with Crippen molar-refractivity contribution in [1.82, 2.24) is 5.32 Å². The summed E-state index contributed by atoms with van der Waals surface area (Å²) in [4.78, 5) is 11.2. The number of amides is 1. The number of hydrogen-bond donors (Lipinski definition) is 2. The van der Waals surface area contributed by atoms with Crippen molar-refractivity contribution in [3.05, 3.63) is 23.8 Å². The number of allylic oxidation sites excluding steroid dienone is 4. The third-order valence-electron chi connectivity index (χ3n) is 6.03. The zero-order chi connectivity index (χ0) is 20.6. The lowest BCUT2D eigenvalue weighted by Gasteiger charge is -2.36. The van der Waals surface area contributed by atoms with Crippen LogP contribution in [0.25, 0.3) is 0 Å². The van der Waals surface area contributed by atoms with E-state index in [0.29, 0.717) is 11.8 Å². The standard InChI is InChI=1S/C24H39NO2/c1-8-24(7)14-10-9-11-22(24)16-18(3)13-12-17(2)15-19(4)23(27)20(5)25-21(6)26/h1,12-13,16-17,19-20,22-23,27H,9-11,14-15H2,2-7H3,(H,25,26)/b13-12+,18-16+/t17-,19+,20-,22-,23+,24-/m1/s1. The minimum Gasteiger partial charge on any atom is -0.391 e. The second-order valence-corrected chi connectivity index (χ2v) is 8.85. The van der Waals surface area contributed by atoms with Gasteiger partial charge in [-0.05, 0) is 57.8 Å². The first-order valence-corrected chi connectivity index (χ1v) is 10.4. The molecule has 0 radical (unpaired) electrons. The molecule has 1 saturated carbocycles. The number of hydrogen-bond acceptors (Lipinski definition) is 2. The van der Waals surface area contributed by atoms with Crippen molar-refractivity contribution in [2.45, 2.75) is 85.8 Å². The molecule has 3 heteroatoms. The zero-order valence-corrected chi connectivity index (χ0v) is 18.1. The molecule has 0 aliphatic heterocycles. The minimum absolute atomic E-state index is 0.0164. The fraction of sp³-hybridized carbons (Fsp3) is 0.708. The number of aliphatic hydroxyl groups is 1. The average molecular weight is 374 g/mol. The number of nitrogens with one attached hydrogen (secondary N) is 1. The van der Waals surface area contributed by atoms with Crippen LogP contribution < -0.4 is 5.32 Å². The first-order chi connectivity index (χ1) is 12.6. The first kappa shape index (κ1) is 23.5. The Balaban J connectivity index is 2.62. The number of terminal acetylenes is 1. The monoisotopic (exact) mass is 373 g/mol. The third kappa shape index (κ3) is 7.54. The highest BCUT2D eigenvalue weighted by Gasteiger charge is 2.33. The van der Waals surface area contributed by atoms with E-state index in [1.54, 1.807) is 0 Å². The van der Waals surface area contributed by atoms with Crippen LogP contribution in [0.2, 0.25) is 0 Å². The first-order valence-electron chi connectivity index (χ1n) is 10.4. The SMILES string of the molecule is C#C[C@]1(C)CCCC[C@@H]1/C=C(C)/C=C/[C@@H](C)C[C@H](C)[C@H](O)[C@@H](C)NC(C)=O. The highest BCUT2D eigenvalue weighted by molar-refractivity contribution is 5.73. The van der Waals surface area contributed by atoms with E-state index < -0.39 is 6.10 Å². The molecule has 0 heterocycles. The molecule has 27 heavy (non-hydrogen) atoms. The van der Waals surface area contributed by atoms with Crippen molar-refractivity contribution in [3.63, 3.8) is 0 Å². The van der Waals surface area contributed by atoms with E-state index in [9.17, 15) is 9.90 Å². The molecule has 0 aromatic carbocycles. The molecule has 0 aromatic rings. The summed E-state index contributed by atoms with van der Waals surface area (Å²) < 4.78 is 0. The molecule has 1 fully saturated rings.